The minimum atomic E-state index is 0.178. The number of ether oxygens (including phenoxy) is 1. The lowest BCUT2D eigenvalue weighted by Crippen LogP contribution is -2.30. The van der Waals surface area contributed by atoms with Crippen molar-refractivity contribution in [2.75, 3.05) is 12.4 Å². The van der Waals surface area contributed by atoms with Crippen LogP contribution in [0, 0.1) is 0 Å². The zero-order valence-electron chi connectivity index (χ0n) is 9.95. The van der Waals surface area contributed by atoms with Crippen molar-refractivity contribution in [3.05, 3.63) is 23.9 Å². The van der Waals surface area contributed by atoms with Crippen LogP contribution in [-0.2, 0) is 11.2 Å². The van der Waals surface area contributed by atoms with Crippen molar-refractivity contribution in [1.82, 2.24) is 4.98 Å². The van der Waals surface area contributed by atoms with E-state index in [1.165, 1.54) is 5.56 Å². The second-order valence-electron chi connectivity index (χ2n) is 3.74. The Bertz CT molecular complexity index is 301. The fourth-order valence-electron chi connectivity index (χ4n) is 1.39. The molecule has 0 saturated carbocycles. The molecule has 0 fully saturated rings. The summed E-state index contributed by atoms with van der Waals surface area (Å²) in [6.07, 6.45) is 2.98. The second kappa shape index (κ2) is 5.71. The van der Waals surface area contributed by atoms with E-state index in [0.29, 0.717) is 0 Å². The summed E-state index contributed by atoms with van der Waals surface area (Å²) in [6, 6.07) is 4.32. The number of hydrogen-bond donors (Lipinski definition) is 1. The van der Waals surface area contributed by atoms with Crippen LogP contribution >= 0.6 is 0 Å². The van der Waals surface area contributed by atoms with Gasteiger partial charge in [0.1, 0.15) is 5.82 Å². The van der Waals surface area contributed by atoms with Crippen LogP contribution in [-0.4, -0.2) is 24.2 Å². The van der Waals surface area contributed by atoms with E-state index in [-0.39, 0.29) is 12.1 Å². The van der Waals surface area contributed by atoms with E-state index < -0.39 is 0 Å². The number of nitrogens with one attached hydrogen (secondary N) is 1. The first-order chi connectivity index (χ1) is 7.19. The molecule has 15 heavy (non-hydrogen) atoms. The van der Waals surface area contributed by atoms with Gasteiger partial charge in [-0.1, -0.05) is 13.0 Å². The van der Waals surface area contributed by atoms with Crippen molar-refractivity contribution in [2.24, 2.45) is 0 Å². The van der Waals surface area contributed by atoms with E-state index >= 15 is 0 Å². The van der Waals surface area contributed by atoms with E-state index in [1.807, 2.05) is 19.2 Å². The summed E-state index contributed by atoms with van der Waals surface area (Å²) >= 11 is 0. The van der Waals surface area contributed by atoms with Gasteiger partial charge >= 0.3 is 0 Å². The molecule has 0 radical (unpaired) electrons. The third kappa shape index (κ3) is 3.20. The molecule has 1 aromatic rings. The quantitative estimate of drug-likeness (QED) is 0.807. The topological polar surface area (TPSA) is 34.2 Å². The SMILES string of the molecule is CCc1cccnc1NC(C)C(C)OC. The van der Waals surface area contributed by atoms with Crippen LogP contribution in [0.1, 0.15) is 26.3 Å². The average Bonchev–Trinajstić information content (AvgIpc) is 2.28. The molecule has 0 aliphatic carbocycles. The second-order valence-corrected chi connectivity index (χ2v) is 3.74. The number of hydrogen-bond acceptors (Lipinski definition) is 3. The number of methoxy groups -OCH3 is 1. The molecule has 0 aromatic carbocycles. The summed E-state index contributed by atoms with van der Waals surface area (Å²) in [6.45, 7) is 6.28. The van der Waals surface area contributed by atoms with Crippen LogP contribution in [0.25, 0.3) is 0 Å². The Morgan fingerprint density at radius 1 is 1.47 bits per heavy atom. The largest absolute Gasteiger partial charge is 0.380 e. The average molecular weight is 208 g/mol. The van der Waals surface area contributed by atoms with Gasteiger partial charge in [0, 0.05) is 13.3 Å². The van der Waals surface area contributed by atoms with Crippen molar-refractivity contribution in [1.29, 1.82) is 0 Å². The lowest BCUT2D eigenvalue weighted by atomic mass is 10.1. The summed E-state index contributed by atoms with van der Waals surface area (Å²) < 4.78 is 5.27. The number of pyridine rings is 1. The van der Waals surface area contributed by atoms with E-state index in [4.69, 9.17) is 4.74 Å². The highest BCUT2D eigenvalue weighted by Gasteiger charge is 2.12. The van der Waals surface area contributed by atoms with Crippen LogP contribution in [0.15, 0.2) is 18.3 Å². The first kappa shape index (κ1) is 12.0. The molecule has 0 aliphatic heterocycles. The van der Waals surface area contributed by atoms with E-state index in [2.05, 4.69) is 30.2 Å². The summed E-state index contributed by atoms with van der Waals surface area (Å²) in [5.41, 5.74) is 1.24. The molecule has 1 heterocycles. The summed E-state index contributed by atoms with van der Waals surface area (Å²) in [7, 11) is 1.72. The van der Waals surface area contributed by atoms with Gasteiger partial charge in [-0.2, -0.15) is 0 Å². The minimum Gasteiger partial charge on any atom is -0.380 e. The van der Waals surface area contributed by atoms with Gasteiger partial charge in [0.2, 0.25) is 0 Å². The maximum atomic E-state index is 5.27. The summed E-state index contributed by atoms with van der Waals surface area (Å²) in [5.74, 6) is 0.969. The number of rotatable bonds is 5. The molecule has 2 unspecified atom stereocenters. The molecule has 2 atom stereocenters. The molecule has 0 saturated heterocycles. The molecule has 0 amide bonds. The number of aryl methyl sites for hydroxylation is 1. The first-order valence-corrected chi connectivity index (χ1v) is 5.42. The number of aromatic nitrogens is 1. The lowest BCUT2D eigenvalue weighted by molar-refractivity contribution is 0.106. The summed E-state index contributed by atoms with van der Waals surface area (Å²) in [4.78, 5) is 4.34. The smallest absolute Gasteiger partial charge is 0.129 e. The Morgan fingerprint density at radius 3 is 2.80 bits per heavy atom. The van der Waals surface area contributed by atoms with E-state index in [0.717, 1.165) is 12.2 Å². The predicted octanol–water partition coefficient (Wildman–Crippen LogP) is 2.48. The van der Waals surface area contributed by atoms with Gasteiger partial charge in [-0.15, -0.1) is 0 Å². The Hall–Kier alpha value is -1.09. The maximum absolute atomic E-state index is 5.27. The Balaban J connectivity index is 2.71. The van der Waals surface area contributed by atoms with Crippen LogP contribution in [0.4, 0.5) is 5.82 Å². The molecule has 0 bridgehead atoms. The summed E-state index contributed by atoms with van der Waals surface area (Å²) in [5, 5.41) is 3.38. The van der Waals surface area contributed by atoms with Crippen LogP contribution < -0.4 is 5.32 Å². The normalized spacial score (nSPS) is 14.7. The van der Waals surface area contributed by atoms with Gasteiger partial charge in [-0.25, -0.2) is 4.98 Å². The zero-order chi connectivity index (χ0) is 11.3. The van der Waals surface area contributed by atoms with Gasteiger partial charge in [0.05, 0.1) is 12.1 Å². The van der Waals surface area contributed by atoms with Crippen molar-refractivity contribution < 1.29 is 4.74 Å². The Kier molecular flexibility index (Phi) is 4.56. The van der Waals surface area contributed by atoms with Crippen LogP contribution in [0.5, 0.6) is 0 Å². The van der Waals surface area contributed by atoms with E-state index in [1.54, 1.807) is 7.11 Å². The van der Waals surface area contributed by atoms with Crippen LogP contribution in [0.2, 0.25) is 0 Å². The van der Waals surface area contributed by atoms with Gasteiger partial charge in [0.15, 0.2) is 0 Å². The molecule has 1 rings (SSSR count). The molecular weight excluding hydrogens is 188 g/mol. The van der Waals surface area contributed by atoms with Gasteiger partial charge in [0.25, 0.3) is 0 Å². The highest BCUT2D eigenvalue weighted by molar-refractivity contribution is 5.44. The minimum absolute atomic E-state index is 0.178. The number of anilines is 1. The number of nitrogens with zero attached hydrogens (tertiary/aromatic N) is 1. The highest BCUT2D eigenvalue weighted by Crippen LogP contribution is 2.14. The molecular formula is C12H20N2O. The van der Waals surface area contributed by atoms with Gasteiger partial charge in [-0.3, -0.25) is 0 Å². The third-order valence-corrected chi connectivity index (χ3v) is 2.71. The molecule has 1 N–H and O–H groups in total. The lowest BCUT2D eigenvalue weighted by Gasteiger charge is -2.21. The maximum Gasteiger partial charge on any atom is 0.129 e. The van der Waals surface area contributed by atoms with E-state index in [9.17, 15) is 0 Å². The Morgan fingerprint density at radius 2 is 2.20 bits per heavy atom. The van der Waals surface area contributed by atoms with Gasteiger partial charge < -0.3 is 10.1 Å². The first-order valence-electron chi connectivity index (χ1n) is 5.42. The fourth-order valence-corrected chi connectivity index (χ4v) is 1.39. The van der Waals surface area contributed by atoms with Crippen molar-refractivity contribution in [3.63, 3.8) is 0 Å². The van der Waals surface area contributed by atoms with Crippen molar-refractivity contribution in [3.8, 4) is 0 Å². The fraction of sp³-hybridized carbons (Fsp3) is 0.583. The van der Waals surface area contributed by atoms with Gasteiger partial charge in [-0.05, 0) is 31.9 Å². The molecule has 3 nitrogen and oxygen atoms in total. The Labute approximate surface area is 91.9 Å². The monoisotopic (exact) mass is 208 g/mol. The highest BCUT2D eigenvalue weighted by atomic mass is 16.5. The molecule has 0 aliphatic rings. The predicted molar refractivity (Wildman–Crippen MR) is 63.2 cm³/mol. The zero-order valence-corrected chi connectivity index (χ0v) is 9.95. The molecule has 1 aromatic heterocycles. The third-order valence-electron chi connectivity index (χ3n) is 2.71. The molecule has 84 valence electrons. The molecule has 3 heteroatoms. The molecule has 0 spiro atoms. The van der Waals surface area contributed by atoms with Crippen molar-refractivity contribution >= 4 is 5.82 Å². The van der Waals surface area contributed by atoms with Crippen molar-refractivity contribution in [2.45, 2.75) is 39.3 Å². The standard InChI is InChI=1S/C12H20N2O/c1-5-11-7-6-8-13-12(11)14-9(2)10(3)15-4/h6-10H,5H2,1-4H3,(H,13,14). The van der Waals surface area contributed by atoms with Crippen LogP contribution in [0.3, 0.4) is 0 Å².